The molecule has 25 heavy (non-hydrogen) atoms. The van der Waals surface area contributed by atoms with Crippen LogP contribution in [-0.4, -0.2) is 46.5 Å². The minimum atomic E-state index is -4.02. The molecule has 4 fully saturated rings. The molecule has 4 bridgehead atoms. The van der Waals surface area contributed by atoms with E-state index in [0.717, 1.165) is 19.3 Å². The van der Waals surface area contributed by atoms with Crippen molar-refractivity contribution in [2.24, 2.45) is 22.2 Å². The maximum absolute atomic E-state index is 13.5. The summed E-state index contributed by atoms with van der Waals surface area (Å²) < 4.78 is 35.6. The number of rotatable bonds is 8. The SMILES string of the molecule is O=C(OCC12CC3CC(CO)(CC(CO)(C3)C1)C2)C(F)(F)SOOO. The molecule has 4 aliphatic carbocycles. The Morgan fingerprint density at radius 1 is 1.08 bits per heavy atom. The number of carbonyl (C=O) groups excluding carboxylic acids is 1. The maximum Gasteiger partial charge on any atom is 0.415 e. The molecule has 2 atom stereocenters. The lowest BCUT2D eigenvalue weighted by Crippen LogP contribution is -2.60. The zero-order chi connectivity index (χ0) is 18.3. The molecule has 0 saturated heterocycles. The molecule has 0 spiro atoms. The Hall–Kier alpha value is -0.520. The highest BCUT2D eigenvalue weighted by molar-refractivity contribution is 7.96. The normalized spacial score (nSPS) is 39.6. The molecule has 3 N–H and O–H groups in total. The molecule has 0 heterocycles. The van der Waals surface area contributed by atoms with E-state index in [1.165, 1.54) is 0 Å². The first kappa shape index (κ1) is 19.2. The van der Waals surface area contributed by atoms with Gasteiger partial charge < -0.3 is 14.9 Å². The van der Waals surface area contributed by atoms with E-state index >= 15 is 0 Å². The van der Waals surface area contributed by atoms with Crippen LogP contribution >= 0.6 is 12.0 Å². The minimum Gasteiger partial charge on any atom is -0.460 e. The van der Waals surface area contributed by atoms with Gasteiger partial charge in [-0.05, 0) is 55.3 Å². The number of carbonyl (C=O) groups is 1. The van der Waals surface area contributed by atoms with Crippen LogP contribution < -0.4 is 0 Å². The molecule has 4 aliphatic rings. The lowest BCUT2D eigenvalue weighted by molar-refractivity contribution is -0.433. The van der Waals surface area contributed by atoms with Crippen molar-refractivity contribution in [1.29, 1.82) is 0 Å². The lowest BCUT2D eigenvalue weighted by Gasteiger charge is -2.65. The lowest BCUT2D eigenvalue weighted by atomic mass is 9.40. The standard InChI is InChI=1S/C15H22F2O7S/c16-15(17,25-24-23-21)11(20)22-9-14-3-10-1-12(5-14,7-18)4-13(2-10,6-14)8-19/h10,18-19,21H,1-9H2. The average Bonchev–Trinajstić information content (AvgIpc) is 2.57. The summed E-state index contributed by atoms with van der Waals surface area (Å²) in [6.07, 6.45) is 4.35. The fourth-order valence-electron chi connectivity index (χ4n) is 5.97. The Balaban J connectivity index is 1.71. The van der Waals surface area contributed by atoms with E-state index in [9.17, 15) is 23.8 Å². The Morgan fingerprint density at radius 2 is 1.60 bits per heavy atom. The first-order valence-electron chi connectivity index (χ1n) is 8.14. The predicted molar refractivity (Wildman–Crippen MR) is 81.0 cm³/mol. The molecule has 7 nitrogen and oxygen atoms in total. The summed E-state index contributed by atoms with van der Waals surface area (Å²) in [7, 11) is 0. The third kappa shape index (κ3) is 3.52. The molecular weight excluding hydrogens is 362 g/mol. The Kier molecular flexibility index (Phi) is 5.06. The second kappa shape index (κ2) is 6.58. The summed E-state index contributed by atoms with van der Waals surface area (Å²) in [5.41, 5.74) is -1.17. The fourth-order valence-corrected chi connectivity index (χ4v) is 6.21. The van der Waals surface area contributed by atoms with E-state index < -0.39 is 28.7 Å². The minimum absolute atomic E-state index is 0.0192. The molecule has 0 aromatic rings. The number of halogens is 2. The van der Waals surface area contributed by atoms with Gasteiger partial charge >= 0.3 is 11.2 Å². The summed E-state index contributed by atoms with van der Waals surface area (Å²) in [4.78, 5) is 11.7. The van der Waals surface area contributed by atoms with Crippen LogP contribution in [0.4, 0.5) is 8.78 Å². The van der Waals surface area contributed by atoms with Crippen LogP contribution in [0.25, 0.3) is 0 Å². The maximum atomic E-state index is 13.5. The van der Waals surface area contributed by atoms with E-state index in [0.29, 0.717) is 19.3 Å². The van der Waals surface area contributed by atoms with Gasteiger partial charge in [0, 0.05) is 18.6 Å². The monoisotopic (exact) mass is 384 g/mol. The molecule has 0 radical (unpaired) electrons. The van der Waals surface area contributed by atoms with Gasteiger partial charge in [-0.15, -0.1) is 4.33 Å². The van der Waals surface area contributed by atoms with Crippen molar-refractivity contribution < 1.29 is 43.2 Å². The van der Waals surface area contributed by atoms with Gasteiger partial charge in [0.1, 0.15) is 12.0 Å². The van der Waals surface area contributed by atoms with E-state index in [1.54, 1.807) is 0 Å². The number of hydrogen-bond donors (Lipinski definition) is 3. The van der Waals surface area contributed by atoms with E-state index in [-0.39, 0.29) is 36.6 Å². The van der Waals surface area contributed by atoms with Gasteiger partial charge in [-0.25, -0.2) is 10.1 Å². The van der Waals surface area contributed by atoms with Crippen molar-refractivity contribution in [3.63, 3.8) is 0 Å². The van der Waals surface area contributed by atoms with Crippen molar-refractivity contribution in [2.75, 3.05) is 19.8 Å². The van der Waals surface area contributed by atoms with Crippen LogP contribution in [0.5, 0.6) is 0 Å². The molecule has 2 unspecified atom stereocenters. The van der Waals surface area contributed by atoms with Crippen molar-refractivity contribution >= 4 is 18.0 Å². The summed E-state index contributed by atoms with van der Waals surface area (Å²) in [5.74, 6) is -1.49. The van der Waals surface area contributed by atoms with Crippen LogP contribution in [0.15, 0.2) is 0 Å². The third-order valence-electron chi connectivity index (χ3n) is 6.00. The Labute approximate surface area is 147 Å². The van der Waals surface area contributed by atoms with Gasteiger partial charge in [0.15, 0.2) is 0 Å². The first-order valence-corrected chi connectivity index (χ1v) is 8.89. The second-order valence-electron chi connectivity index (χ2n) is 8.14. The largest absolute Gasteiger partial charge is 0.460 e. The van der Waals surface area contributed by atoms with Gasteiger partial charge in [-0.1, -0.05) is 5.04 Å². The van der Waals surface area contributed by atoms with Crippen LogP contribution in [0.2, 0.25) is 0 Å². The first-order chi connectivity index (χ1) is 11.7. The highest BCUT2D eigenvalue weighted by Gasteiger charge is 2.63. The van der Waals surface area contributed by atoms with Crippen LogP contribution in [0.1, 0.15) is 38.5 Å². The zero-order valence-corrected chi connectivity index (χ0v) is 14.4. The van der Waals surface area contributed by atoms with E-state index in [2.05, 4.69) is 9.37 Å². The van der Waals surface area contributed by atoms with Gasteiger partial charge in [-0.2, -0.15) is 8.78 Å². The summed E-state index contributed by atoms with van der Waals surface area (Å²) >= 11 is -0.649. The summed E-state index contributed by atoms with van der Waals surface area (Å²) in [6.45, 7) is -0.231. The average molecular weight is 384 g/mol. The molecule has 0 amide bonds. The quantitative estimate of drug-likeness (QED) is 0.253. The molecule has 144 valence electrons. The highest BCUT2D eigenvalue weighted by atomic mass is 32.2. The molecule has 10 heteroatoms. The van der Waals surface area contributed by atoms with Crippen molar-refractivity contribution in [3.05, 3.63) is 0 Å². The molecular formula is C15H22F2O7S. The smallest absolute Gasteiger partial charge is 0.415 e. The molecule has 0 aromatic heterocycles. The number of esters is 1. The highest BCUT2D eigenvalue weighted by Crippen LogP contribution is 2.69. The molecule has 0 aliphatic heterocycles. The predicted octanol–water partition coefficient (Wildman–Crippen LogP) is 2.13. The number of alkyl halides is 2. The number of ether oxygens (including phenoxy) is 1. The second-order valence-corrected chi connectivity index (χ2v) is 8.96. The van der Waals surface area contributed by atoms with Crippen molar-refractivity contribution in [1.82, 2.24) is 0 Å². The zero-order valence-electron chi connectivity index (χ0n) is 13.6. The summed E-state index contributed by atoms with van der Waals surface area (Å²) in [6, 6.07) is 0. The van der Waals surface area contributed by atoms with Crippen LogP contribution in [0, 0.1) is 22.2 Å². The van der Waals surface area contributed by atoms with Crippen LogP contribution in [0.3, 0.4) is 0 Å². The van der Waals surface area contributed by atoms with E-state index in [1.807, 2.05) is 0 Å². The topological polar surface area (TPSA) is 105 Å². The molecule has 0 aromatic carbocycles. The van der Waals surface area contributed by atoms with Gasteiger partial charge in [0.25, 0.3) is 0 Å². The van der Waals surface area contributed by atoms with Crippen molar-refractivity contribution in [3.8, 4) is 0 Å². The van der Waals surface area contributed by atoms with Gasteiger partial charge in [-0.3, -0.25) is 0 Å². The Bertz CT molecular complexity index is 512. The number of hydrogen-bond acceptors (Lipinski definition) is 8. The summed E-state index contributed by atoms with van der Waals surface area (Å²) in [5, 5.41) is 26.8. The van der Waals surface area contributed by atoms with Gasteiger partial charge in [0.2, 0.25) is 0 Å². The third-order valence-corrected chi connectivity index (χ3v) is 6.51. The van der Waals surface area contributed by atoms with Gasteiger partial charge in [0.05, 0.1) is 6.61 Å². The molecule has 4 rings (SSSR count). The van der Waals surface area contributed by atoms with Crippen molar-refractivity contribution in [2.45, 2.75) is 43.8 Å². The number of aliphatic hydroxyl groups excluding tert-OH is 2. The van der Waals surface area contributed by atoms with Crippen LogP contribution in [-0.2, 0) is 18.9 Å². The fraction of sp³-hybridized carbons (Fsp3) is 0.933. The molecule has 4 saturated carbocycles. The Morgan fingerprint density at radius 3 is 2.12 bits per heavy atom. The van der Waals surface area contributed by atoms with E-state index in [4.69, 9.17) is 9.99 Å². The number of aliphatic hydroxyl groups is 2.